The van der Waals surface area contributed by atoms with Gasteiger partial charge in [0.25, 0.3) is 0 Å². The minimum atomic E-state index is -0.789. The second-order valence-corrected chi connectivity index (χ2v) is 7.43. The zero-order valence-corrected chi connectivity index (χ0v) is 16.7. The number of unbranched alkanes of at least 4 members (excludes halogenated alkanes) is 16. The molecule has 3 N–H and O–H groups in total. The number of carboxylic acid groups (broad SMARTS) is 1. The number of rotatable bonds is 19. The lowest BCUT2D eigenvalue weighted by atomic mass is 10.0. The summed E-state index contributed by atoms with van der Waals surface area (Å²) in [6.07, 6.45) is 24.2. The number of carboxylic acids is 1. The lowest BCUT2D eigenvalue weighted by molar-refractivity contribution is -0.132. The van der Waals surface area contributed by atoms with Crippen LogP contribution in [-0.2, 0) is 4.79 Å². The van der Waals surface area contributed by atoms with Crippen molar-refractivity contribution >= 4 is 5.97 Å². The topological polar surface area (TPSA) is 63.3 Å². The fourth-order valence-corrected chi connectivity index (χ4v) is 3.17. The standard InChI is InChI=1S/C22H43NO2/c1-21(22(24)25)19-17-15-13-11-9-7-5-3-2-4-6-8-10-12-14-16-18-20-23/h19H,2-18,20,23H2,1H3,(H,24,25). The Labute approximate surface area is 156 Å². The number of hydrogen-bond donors (Lipinski definition) is 2. The third-order valence-corrected chi connectivity index (χ3v) is 4.95. The van der Waals surface area contributed by atoms with Gasteiger partial charge in [-0.05, 0) is 32.7 Å². The van der Waals surface area contributed by atoms with Crippen molar-refractivity contribution in [3.05, 3.63) is 11.6 Å². The molecule has 0 unspecified atom stereocenters. The largest absolute Gasteiger partial charge is 0.478 e. The molecule has 0 rings (SSSR count). The van der Waals surface area contributed by atoms with Crippen LogP contribution in [0.25, 0.3) is 0 Å². The summed E-state index contributed by atoms with van der Waals surface area (Å²) in [5.41, 5.74) is 5.97. The van der Waals surface area contributed by atoms with Crippen molar-refractivity contribution in [3.8, 4) is 0 Å². The summed E-state index contributed by atoms with van der Waals surface area (Å²) in [7, 11) is 0. The van der Waals surface area contributed by atoms with Gasteiger partial charge in [-0.15, -0.1) is 0 Å². The SMILES string of the molecule is CC(=CCCCCCCCCCCCCCCCCCCN)C(=O)O. The monoisotopic (exact) mass is 353 g/mol. The maximum Gasteiger partial charge on any atom is 0.330 e. The highest BCUT2D eigenvalue weighted by atomic mass is 16.4. The zero-order valence-electron chi connectivity index (χ0n) is 16.7. The van der Waals surface area contributed by atoms with Gasteiger partial charge in [-0.3, -0.25) is 0 Å². The van der Waals surface area contributed by atoms with Crippen LogP contribution >= 0.6 is 0 Å². The molecule has 0 aromatic rings. The molecular formula is C22H43NO2. The summed E-state index contributed by atoms with van der Waals surface area (Å²) in [4.78, 5) is 10.6. The summed E-state index contributed by atoms with van der Waals surface area (Å²) in [6, 6.07) is 0. The van der Waals surface area contributed by atoms with Crippen molar-refractivity contribution < 1.29 is 9.90 Å². The number of nitrogens with two attached hydrogens (primary N) is 1. The first kappa shape index (κ1) is 24.2. The minimum Gasteiger partial charge on any atom is -0.478 e. The van der Waals surface area contributed by atoms with E-state index in [0.29, 0.717) is 5.57 Å². The smallest absolute Gasteiger partial charge is 0.330 e. The van der Waals surface area contributed by atoms with E-state index in [1.807, 2.05) is 6.08 Å². The second kappa shape index (κ2) is 19.5. The Morgan fingerprint density at radius 3 is 1.32 bits per heavy atom. The summed E-state index contributed by atoms with van der Waals surface area (Å²) >= 11 is 0. The molecule has 0 amide bonds. The predicted molar refractivity (Wildman–Crippen MR) is 109 cm³/mol. The molecule has 0 saturated carbocycles. The molecule has 148 valence electrons. The van der Waals surface area contributed by atoms with Crippen LogP contribution in [0.15, 0.2) is 11.6 Å². The van der Waals surface area contributed by atoms with Crippen molar-refractivity contribution in [2.75, 3.05) is 6.54 Å². The van der Waals surface area contributed by atoms with Crippen molar-refractivity contribution in [2.24, 2.45) is 5.73 Å². The van der Waals surface area contributed by atoms with E-state index >= 15 is 0 Å². The molecule has 0 radical (unpaired) electrons. The van der Waals surface area contributed by atoms with E-state index in [-0.39, 0.29) is 0 Å². The highest BCUT2D eigenvalue weighted by Crippen LogP contribution is 2.14. The van der Waals surface area contributed by atoms with Gasteiger partial charge in [-0.1, -0.05) is 96.0 Å². The molecule has 0 aliphatic heterocycles. The normalized spacial score (nSPS) is 11.8. The Balaban J connectivity index is 3.10. The maximum absolute atomic E-state index is 10.6. The maximum atomic E-state index is 10.6. The van der Waals surface area contributed by atoms with E-state index in [1.54, 1.807) is 6.92 Å². The van der Waals surface area contributed by atoms with E-state index in [0.717, 1.165) is 19.4 Å². The fourth-order valence-electron chi connectivity index (χ4n) is 3.17. The zero-order chi connectivity index (χ0) is 18.6. The third-order valence-electron chi connectivity index (χ3n) is 4.95. The molecule has 0 aliphatic carbocycles. The van der Waals surface area contributed by atoms with Gasteiger partial charge < -0.3 is 10.8 Å². The number of allylic oxidation sites excluding steroid dienone is 1. The van der Waals surface area contributed by atoms with Crippen molar-refractivity contribution in [1.82, 2.24) is 0 Å². The molecule has 25 heavy (non-hydrogen) atoms. The summed E-state index contributed by atoms with van der Waals surface area (Å²) < 4.78 is 0. The molecule has 0 bridgehead atoms. The van der Waals surface area contributed by atoms with Crippen molar-refractivity contribution in [1.29, 1.82) is 0 Å². The average Bonchev–Trinajstić information content (AvgIpc) is 2.60. The van der Waals surface area contributed by atoms with E-state index in [1.165, 1.54) is 96.3 Å². The molecule has 0 aliphatic rings. The Morgan fingerprint density at radius 2 is 1.00 bits per heavy atom. The van der Waals surface area contributed by atoms with Crippen LogP contribution in [0.2, 0.25) is 0 Å². The highest BCUT2D eigenvalue weighted by Gasteiger charge is 1.98. The molecule has 0 saturated heterocycles. The Kier molecular flexibility index (Phi) is 18.8. The molecule has 0 spiro atoms. The molecule has 0 atom stereocenters. The number of hydrogen-bond acceptors (Lipinski definition) is 2. The molecule has 3 heteroatoms. The van der Waals surface area contributed by atoms with Crippen LogP contribution in [0.4, 0.5) is 0 Å². The molecule has 0 fully saturated rings. The third kappa shape index (κ3) is 19.3. The lowest BCUT2D eigenvalue weighted by Crippen LogP contribution is -1.97. The van der Waals surface area contributed by atoms with Crippen LogP contribution in [0.3, 0.4) is 0 Å². The van der Waals surface area contributed by atoms with Gasteiger partial charge in [0.15, 0.2) is 0 Å². The van der Waals surface area contributed by atoms with Gasteiger partial charge >= 0.3 is 5.97 Å². The quantitative estimate of drug-likeness (QED) is 0.203. The lowest BCUT2D eigenvalue weighted by Gasteiger charge is -2.03. The molecule has 0 heterocycles. The Hall–Kier alpha value is -0.830. The van der Waals surface area contributed by atoms with Gasteiger partial charge in [0.05, 0.1) is 0 Å². The summed E-state index contributed by atoms with van der Waals surface area (Å²) in [5, 5.41) is 8.75. The van der Waals surface area contributed by atoms with Gasteiger partial charge in [0.2, 0.25) is 0 Å². The van der Waals surface area contributed by atoms with Gasteiger partial charge in [-0.25, -0.2) is 4.79 Å². The van der Waals surface area contributed by atoms with E-state index in [4.69, 9.17) is 10.8 Å². The predicted octanol–water partition coefficient (Wildman–Crippen LogP) is 6.61. The van der Waals surface area contributed by atoms with Crippen molar-refractivity contribution in [2.45, 2.75) is 116 Å². The average molecular weight is 354 g/mol. The van der Waals surface area contributed by atoms with Gasteiger partial charge in [-0.2, -0.15) is 0 Å². The Morgan fingerprint density at radius 1 is 0.680 bits per heavy atom. The van der Waals surface area contributed by atoms with Crippen LogP contribution < -0.4 is 5.73 Å². The van der Waals surface area contributed by atoms with E-state index in [9.17, 15) is 4.79 Å². The molecular weight excluding hydrogens is 310 g/mol. The van der Waals surface area contributed by atoms with E-state index in [2.05, 4.69) is 0 Å². The Bertz CT molecular complexity index is 326. The van der Waals surface area contributed by atoms with Gasteiger partial charge in [0, 0.05) is 5.57 Å². The highest BCUT2D eigenvalue weighted by molar-refractivity contribution is 5.85. The number of aliphatic carboxylic acids is 1. The fraction of sp³-hybridized carbons (Fsp3) is 0.864. The van der Waals surface area contributed by atoms with Crippen LogP contribution in [0.5, 0.6) is 0 Å². The minimum absolute atomic E-state index is 0.478. The van der Waals surface area contributed by atoms with Crippen LogP contribution in [0, 0.1) is 0 Å². The summed E-state index contributed by atoms with van der Waals surface area (Å²) in [6.45, 7) is 2.52. The molecule has 3 nitrogen and oxygen atoms in total. The first-order valence-electron chi connectivity index (χ1n) is 10.8. The first-order chi connectivity index (χ1) is 12.2. The second-order valence-electron chi connectivity index (χ2n) is 7.43. The van der Waals surface area contributed by atoms with E-state index < -0.39 is 5.97 Å². The van der Waals surface area contributed by atoms with Crippen molar-refractivity contribution in [3.63, 3.8) is 0 Å². The van der Waals surface area contributed by atoms with Crippen LogP contribution in [-0.4, -0.2) is 17.6 Å². The summed E-state index contributed by atoms with van der Waals surface area (Å²) in [5.74, 6) is -0.789. The van der Waals surface area contributed by atoms with Gasteiger partial charge in [0.1, 0.15) is 0 Å². The molecule has 0 aromatic heterocycles. The molecule has 0 aromatic carbocycles. The first-order valence-corrected chi connectivity index (χ1v) is 10.8. The number of carbonyl (C=O) groups is 1. The van der Waals surface area contributed by atoms with Crippen LogP contribution in [0.1, 0.15) is 116 Å².